The Balaban J connectivity index is 1.80. The maximum atomic E-state index is 12.4. The molecule has 0 aliphatic carbocycles. The van der Waals surface area contributed by atoms with Crippen LogP contribution in [0.5, 0.6) is 5.75 Å². The first kappa shape index (κ1) is 20.8. The summed E-state index contributed by atoms with van der Waals surface area (Å²) in [7, 11) is 0. The van der Waals surface area contributed by atoms with Gasteiger partial charge in [0.25, 0.3) is 0 Å². The molecular weight excluding hydrogens is 412 g/mol. The second kappa shape index (κ2) is 8.63. The van der Waals surface area contributed by atoms with Crippen LogP contribution >= 0.6 is 22.9 Å². The van der Waals surface area contributed by atoms with Crippen LogP contribution in [0.25, 0.3) is 0 Å². The number of aromatic hydroxyl groups is 1. The van der Waals surface area contributed by atoms with Crippen LogP contribution in [0.15, 0.2) is 41.8 Å². The lowest BCUT2D eigenvalue weighted by Crippen LogP contribution is -2.24. The molecule has 6 nitrogen and oxygen atoms in total. The van der Waals surface area contributed by atoms with Crippen LogP contribution < -0.4 is 4.90 Å². The summed E-state index contributed by atoms with van der Waals surface area (Å²) >= 11 is 7.66. The summed E-state index contributed by atoms with van der Waals surface area (Å²) in [5.41, 5.74) is 3.19. The molecular formula is C21H19ClN2O4S. The molecule has 0 saturated carbocycles. The molecule has 1 heterocycles. The fraction of sp³-hybridized carbons (Fsp3) is 0.190. The Morgan fingerprint density at radius 3 is 2.66 bits per heavy atom. The highest BCUT2D eigenvalue weighted by atomic mass is 35.5. The van der Waals surface area contributed by atoms with Gasteiger partial charge in [0, 0.05) is 12.3 Å². The lowest BCUT2D eigenvalue weighted by atomic mass is 10.1. The number of hydrogen-bond donors (Lipinski definition) is 1. The molecule has 8 heteroatoms. The van der Waals surface area contributed by atoms with Crippen LogP contribution in [-0.4, -0.2) is 22.0 Å². The smallest absolute Gasteiger partial charge is 0.338 e. The van der Waals surface area contributed by atoms with Gasteiger partial charge in [-0.3, -0.25) is 9.69 Å². The average Bonchev–Trinajstić information content (AvgIpc) is 3.10. The highest BCUT2D eigenvalue weighted by Gasteiger charge is 2.23. The number of nitrogens with zero attached hydrogens (tertiary/aromatic N) is 2. The Hall–Kier alpha value is -2.90. The summed E-state index contributed by atoms with van der Waals surface area (Å²) in [6.45, 7) is 5.20. The van der Waals surface area contributed by atoms with Crippen LogP contribution in [-0.2, 0) is 16.1 Å². The van der Waals surface area contributed by atoms with E-state index in [2.05, 4.69) is 4.98 Å². The van der Waals surface area contributed by atoms with E-state index in [0.29, 0.717) is 21.5 Å². The zero-order chi connectivity index (χ0) is 21.1. The molecule has 29 heavy (non-hydrogen) atoms. The number of halogens is 1. The normalized spacial score (nSPS) is 10.6. The van der Waals surface area contributed by atoms with Crippen molar-refractivity contribution in [2.75, 3.05) is 4.90 Å². The van der Waals surface area contributed by atoms with Crippen LogP contribution in [0.2, 0.25) is 5.02 Å². The fourth-order valence-corrected chi connectivity index (χ4v) is 4.16. The fourth-order valence-electron chi connectivity index (χ4n) is 2.90. The second-order valence-electron chi connectivity index (χ2n) is 6.51. The molecule has 2 aromatic carbocycles. The van der Waals surface area contributed by atoms with Crippen LogP contribution in [0.3, 0.4) is 0 Å². The molecule has 0 bridgehead atoms. The van der Waals surface area contributed by atoms with E-state index in [0.717, 1.165) is 11.1 Å². The predicted molar refractivity (Wildman–Crippen MR) is 113 cm³/mol. The van der Waals surface area contributed by atoms with Crippen LogP contribution in [0, 0.1) is 13.8 Å². The minimum Gasteiger partial charge on any atom is -0.508 e. The molecule has 0 saturated heterocycles. The summed E-state index contributed by atoms with van der Waals surface area (Å²) in [5.74, 6) is -0.814. The van der Waals surface area contributed by atoms with Gasteiger partial charge in [0.15, 0.2) is 5.13 Å². The highest BCUT2D eigenvalue weighted by molar-refractivity contribution is 7.14. The molecule has 1 amide bonds. The number of rotatable bonds is 5. The topological polar surface area (TPSA) is 79.7 Å². The number of thiazole rings is 1. The van der Waals surface area contributed by atoms with Crippen molar-refractivity contribution < 1.29 is 19.4 Å². The third-order valence-corrected chi connectivity index (χ3v) is 5.26. The van der Waals surface area contributed by atoms with Crippen molar-refractivity contribution in [3.8, 4) is 5.75 Å². The molecule has 0 aliphatic rings. The SMILES string of the molecule is CC(=O)N(c1nc(COC(=O)c2cccc(O)c2)cs1)c1c(C)cc(C)cc1Cl. The van der Waals surface area contributed by atoms with E-state index >= 15 is 0 Å². The Morgan fingerprint density at radius 1 is 1.24 bits per heavy atom. The van der Waals surface area contributed by atoms with Gasteiger partial charge in [-0.1, -0.05) is 23.7 Å². The lowest BCUT2D eigenvalue weighted by molar-refractivity contribution is -0.115. The number of esters is 1. The Bertz CT molecular complexity index is 1060. The number of aryl methyl sites for hydroxylation is 2. The Labute approximate surface area is 177 Å². The third-order valence-electron chi connectivity index (χ3n) is 4.10. The predicted octanol–water partition coefficient (Wildman–Crippen LogP) is 5.16. The maximum Gasteiger partial charge on any atom is 0.338 e. The number of phenols is 1. The van der Waals surface area contributed by atoms with Crippen molar-refractivity contribution in [1.82, 2.24) is 4.98 Å². The van der Waals surface area contributed by atoms with Crippen molar-refractivity contribution in [3.05, 3.63) is 69.2 Å². The molecule has 0 radical (unpaired) electrons. The van der Waals surface area contributed by atoms with E-state index in [4.69, 9.17) is 16.3 Å². The first-order valence-corrected chi connectivity index (χ1v) is 10.00. The number of anilines is 2. The quantitative estimate of drug-likeness (QED) is 0.565. The van der Waals surface area contributed by atoms with E-state index in [1.165, 1.54) is 35.3 Å². The number of benzene rings is 2. The van der Waals surface area contributed by atoms with Crippen molar-refractivity contribution in [3.63, 3.8) is 0 Å². The minimum absolute atomic E-state index is 0.0159. The number of carbonyl (C=O) groups is 2. The first-order chi connectivity index (χ1) is 13.8. The molecule has 0 spiro atoms. The van der Waals surface area contributed by atoms with Crippen molar-refractivity contribution in [2.24, 2.45) is 0 Å². The van der Waals surface area contributed by atoms with Crippen molar-refractivity contribution in [2.45, 2.75) is 27.4 Å². The number of amides is 1. The average molecular weight is 431 g/mol. The summed E-state index contributed by atoms with van der Waals surface area (Å²) < 4.78 is 5.26. The Morgan fingerprint density at radius 2 is 2.00 bits per heavy atom. The van der Waals surface area contributed by atoms with Gasteiger partial charge in [0.05, 0.1) is 22.0 Å². The zero-order valence-corrected chi connectivity index (χ0v) is 17.7. The van der Waals surface area contributed by atoms with Gasteiger partial charge in [-0.15, -0.1) is 11.3 Å². The largest absolute Gasteiger partial charge is 0.508 e. The standard InChI is InChI=1S/C21H19ClN2O4S/c1-12-7-13(2)19(18(22)8-12)24(14(3)25)21-23-16(11-29-21)10-28-20(27)15-5-4-6-17(26)9-15/h4-9,11,26H,10H2,1-3H3. The Kier molecular flexibility index (Phi) is 6.20. The molecule has 0 aliphatic heterocycles. The lowest BCUT2D eigenvalue weighted by Gasteiger charge is -2.22. The molecule has 0 unspecified atom stereocenters. The van der Waals surface area contributed by atoms with Gasteiger partial charge < -0.3 is 9.84 Å². The summed E-state index contributed by atoms with van der Waals surface area (Å²) in [5, 5.41) is 12.1. The van der Waals surface area contributed by atoms with E-state index in [-0.39, 0.29) is 23.8 Å². The van der Waals surface area contributed by atoms with Crippen molar-refractivity contribution >= 4 is 45.6 Å². The molecule has 1 aromatic heterocycles. The third kappa shape index (κ3) is 4.75. The van der Waals surface area contributed by atoms with Crippen LogP contribution in [0.4, 0.5) is 10.8 Å². The maximum absolute atomic E-state index is 12.4. The number of ether oxygens (including phenoxy) is 1. The molecule has 0 atom stereocenters. The van der Waals surface area contributed by atoms with Gasteiger partial charge in [-0.05, 0) is 49.2 Å². The van der Waals surface area contributed by atoms with Gasteiger partial charge in [-0.25, -0.2) is 9.78 Å². The molecule has 150 valence electrons. The van der Waals surface area contributed by atoms with Gasteiger partial charge >= 0.3 is 5.97 Å². The van der Waals surface area contributed by atoms with Gasteiger partial charge in [-0.2, -0.15) is 0 Å². The molecule has 3 aromatic rings. The molecule has 0 fully saturated rings. The van der Waals surface area contributed by atoms with Crippen molar-refractivity contribution in [1.29, 1.82) is 0 Å². The minimum atomic E-state index is -0.573. The van der Waals surface area contributed by atoms with E-state index in [9.17, 15) is 14.7 Å². The van der Waals surface area contributed by atoms with E-state index in [1.54, 1.807) is 23.6 Å². The monoisotopic (exact) mass is 430 g/mol. The summed E-state index contributed by atoms with van der Waals surface area (Å²) in [4.78, 5) is 30.4. The van der Waals surface area contributed by atoms with Gasteiger partial charge in [0.1, 0.15) is 12.4 Å². The van der Waals surface area contributed by atoms with E-state index < -0.39 is 5.97 Å². The van der Waals surface area contributed by atoms with Gasteiger partial charge in [0.2, 0.25) is 5.91 Å². The number of hydrogen-bond acceptors (Lipinski definition) is 6. The van der Waals surface area contributed by atoms with E-state index in [1.807, 2.05) is 19.9 Å². The summed E-state index contributed by atoms with van der Waals surface area (Å²) in [6, 6.07) is 9.65. The number of aromatic nitrogens is 1. The number of carbonyl (C=O) groups excluding carboxylic acids is 2. The first-order valence-electron chi connectivity index (χ1n) is 8.74. The zero-order valence-electron chi connectivity index (χ0n) is 16.1. The summed E-state index contributed by atoms with van der Waals surface area (Å²) in [6.07, 6.45) is 0. The number of phenolic OH excluding ortho intramolecular Hbond substituents is 1. The second-order valence-corrected chi connectivity index (χ2v) is 7.76. The highest BCUT2D eigenvalue weighted by Crippen LogP contribution is 2.37. The molecule has 1 N–H and O–H groups in total. The van der Waals surface area contributed by atoms with Crippen LogP contribution in [0.1, 0.15) is 34.1 Å². The molecule has 3 rings (SSSR count).